The van der Waals surface area contributed by atoms with Crippen molar-refractivity contribution in [2.75, 3.05) is 13.1 Å². The molecule has 5 heteroatoms. The van der Waals surface area contributed by atoms with Crippen LogP contribution in [0.2, 0.25) is 0 Å². The largest absolute Gasteiger partial charge is 0.481 e. The van der Waals surface area contributed by atoms with Crippen molar-refractivity contribution in [3.8, 4) is 0 Å². The van der Waals surface area contributed by atoms with Crippen molar-refractivity contribution in [1.29, 1.82) is 0 Å². The van der Waals surface area contributed by atoms with Gasteiger partial charge in [0.1, 0.15) is 0 Å². The maximum atomic E-state index is 11.9. The minimum absolute atomic E-state index is 0.000278. The summed E-state index contributed by atoms with van der Waals surface area (Å²) in [7, 11) is 0. The van der Waals surface area contributed by atoms with Crippen molar-refractivity contribution in [2.24, 2.45) is 5.41 Å². The molecule has 1 N–H and O–H groups in total. The molecule has 0 bridgehead atoms. The molecule has 3 rings (SSSR count). The summed E-state index contributed by atoms with van der Waals surface area (Å²) in [6.45, 7) is 4.55. The van der Waals surface area contributed by atoms with Gasteiger partial charge < -0.3 is 10.0 Å². The monoisotopic (exact) mass is 352 g/mol. The number of likely N-dealkylation sites (tertiary alicyclic amines) is 1. The predicted octanol–water partition coefficient (Wildman–Crippen LogP) is 3.52. The van der Waals surface area contributed by atoms with Crippen LogP contribution in [-0.2, 0) is 16.0 Å². The van der Waals surface area contributed by atoms with Crippen molar-refractivity contribution in [3.05, 3.63) is 47.7 Å². The third kappa shape index (κ3) is 3.62. The van der Waals surface area contributed by atoms with Gasteiger partial charge in [0, 0.05) is 31.1 Å². The molecule has 1 aliphatic heterocycles. The summed E-state index contributed by atoms with van der Waals surface area (Å²) in [6, 6.07) is 10.1. The third-order valence-corrected chi connectivity index (χ3v) is 5.26. The molecule has 0 aliphatic carbocycles. The fourth-order valence-corrected chi connectivity index (χ4v) is 3.41. The Balaban J connectivity index is 1.85. The van der Waals surface area contributed by atoms with Crippen LogP contribution >= 0.6 is 0 Å². The van der Waals surface area contributed by atoms with Crippen molar-refractivity contribution in [3.63, 3.8) is 0 Å². The number of aliphatic carboxylic acids is 1. The van der Waals surface area contributed by atoms with Crippen LogP contribution in [0.5, 0.6) is 0 Å². The molecule has 0 unspecified atom stereocenters. The Morgan fingerprint density at radius 2 is 1.92 bits per heavy atom. The first kappa shape index (κ1) is 18.1. The molecule has 5 nitrogen and oxygen atoms in total. The van der Waals surface area contributed by atoms with Crippen molar-refractivity contribution in [2.45, 2.75) is 33.1 Å². The highest BCUT2D eigenvalue weighted by atomic mass is 16.4. The maximum absolute atomic E-state index is 11.9. The Labute approximate surface area is 153 Å². The molecule has 2 aromatic rings. The molecule has 0 saturated carbocycles. The van der Waals surface area contributed by atoms with Crippen LogP contribution in [0.4, 0.5) is 0 Å². The summed E-state index contributed by atoms with van der Waals surface area (Å²) in [5.74, 6) is -0.829. The second-order valence-corrected chi connectivity index (χ2v) is 6.91. The molecule has 1 aliphatic rings. The van der Waals surface area contributed by atoms with Crippen LogP contribution in [-0.4, -0.2) is 40.0 Å². The first-order valence-electron chi connectivity index (χ1n) is 9.01. The Bertz CT molecular complexity index is 865. The van der Waals surface area contributed by atoms with Crippen LogP contribution in [0, 0.1) is 5.41 Å². The summed E-state index contributed by atoms with van der Waals surface area (Å²) >= 11 is 0. The summed E-state index contributed by atoms with van der Waals surface area (Å²) in [5, 5.41) is 10.8. The van der Waals surface area contributed by atoms with E-state index in [9.17, 15) is 14.7 Å². The number of piperidine rings is 1. The summed E-state index contributed by atoms with van der Waals surface area (Å²) in [4.78, 5) is 29.7. The third-order valence-electron chi connectivity index (χ3n) is 5.26. The van der Waals surface area contributed by atoms with E-state index in [0.29, 0.717) is 25.9 Å². The second-order valence-electron chi connectivity index (χ2n) is 6.91. The quantitative estimate of drug-likeness (QED) is 0.914. The van der Waals surface area contributed by atoms with Crippen LogP contribution in [0.15, 0.2) is 36.4 Å². The Morgan fingerprint density at radius 3 is 2.54 bits per heavy atom. The molecular weight excluding hydrogens is 328 g/mol. The van der Waals surface area contributed by atoms with E-state index in [-0.39, 0.29) is 5.91 Å². The van der Waals surface area contributed by atoms with Gasteiger partial charge in [0.25, 0.3) is 0 Å². The molecule has 0 atom stereocenters. The average Bonchev–Trinajstić information content (AvgIpc) is 2.65. The van der Waals surface area contributed by atoms with Crippen molar-refractivity contribution in [1.82, 2.24) is 9.88 Å². The van der Waals surface area contributed by atoms with E-state index in [1.807, 2.05) is 30.3 Å². The molecule has 0 radical (unpaired) electrons. The van der Waals surface area contributed by atoms with E-state index in [0.717, 1.165) is 28.6 Å². The number of nitrogens with zero attached hydrogens (tertiary/aromatic N) is 2. The number of carbonyl (C=O) groups excluding carboxylic acids is 1. The van der Waals surface area contributed by atoms with Gasteiger partial charge >= 0.3 is 5.97 Å². The molecule has 1 aromatic carbocycles. The van der Waals surface area contributed by atoms with Crippen molar-refractivity contribution >= 4 is 28.9 Å². The molecule has 1 fully saturated rings. The summed E-state index contributed by atoms with van der Waals surface area (Å²) in [5.41, 5.74) is 1.98. The number of rotatable bonds is 4. The predicted molar refractivity (Wildman–Crippen MR) is 102 cm³/mol. The zero-order valence-electron chi connectivity index (χ0n) is 15.2. The number of aromatic nitrogens is 1. The SMILES string of the molecule is CCc1ccc2ccc(/C=C/C3(C(=O)O)CCN(C(C)=O)CC3)cc2n1. The average molecular weight is 352 g/mol. The van der Waals surface area contributed by atoms with Gasteiger partial charge in [-0.05, 0) is 37.0 Å². The van der Waals surface area contributed by atoms with Gasteiger partial charge in [0.05, 0.1) is 10.9 Å². The van der Waals surface area contributed by atoms with E-state index >= 15 is 0 Å². The zero-order valence-corrected chi connectivity index (χ0v) is 15.2. The summed E-state index contributed by atoms with van der Waals surface area (Å²) in [6.07, 6.45) is 5.41. The number of aryl methyl sites for hydroxylation is 1. The number of pyridine rings is 1. The van der Waals surface area contributed by atoms with Gasteiger partial charge in [0.15, 0.2) is 0 Å². The first-order chi connectivity index (χ1) is 12.4. The molecule has 0 spiro atoms. The minimum atomic E-state index is -0.917. The highest BCUT2D eigenvalue weighted by Crippen LogP contribution is 2.34. The fraction of sp³-hybridized carbons (Fsp3) is 0.381. The standard InChI is InChI=1S/C21H24N2O3/c1-3-18-7-6-17-5-4-16(14-19(17)22-18)8-9-21(20(25)26)10-12-23(13-11-21)15(2)24/h4-9,14H,3,10-13H2,1-2H3,(H,25,26)/b9-8+. The molecule has 1 saturated heterocycles. The van der Waals surface area contributed by atoms with Gasteiger partial charge in [-0.2, -0.15) is 0 Å². The molecule has 1 amide bonds. The van der Waals surface area contributed by atoms with Crippen LogP contribution in [0.25, 0.3) is 17.0 Å². The number of carboxylic acids is 1. The van der Waals surface area contributed by atoms with Gasteiger partial charge in [-0.25, -0.2) is 0 Å². The highest BCUT2D eigenvalue weighted by molar-refractivity contribution is 5.83. The Kier molecular flexibility index (Phi) is 5.07. The van der Waals surface area contributed by atoms with Gasteiger partial charge in [-0.15, -0.1) is 0 Å². The number of hydrogen-bond acceptors (Lipinski definition) is 3. The van der Waals surface area contributed by atoms with Gasteiger partial charge in [-0.3, -0.25) is 14.6 Å². The van der Waals surface area contributed by atoms with Crippen LogP contribution in [0.3, 0.4) is 0 Å². The Hall–Kier alpha value is -2.69. The first-order valence-corrected chi connectivity index (χ1v) is 9.01. The fourth-order valence-electron chi connectivity index (χ4n) is 3.41. The second kappa shape index (κ2) is 7.28. The lowest BCUT2D eigenvalue weighted by Crippen LogP contribution is -2.45. The lowest BCUT2D eigenvalue weighted by Gasteiger charge is -2.36. The van der Waals surface area contributed by atoms with E-state index in [1.165, 1.54) is 6.92 Å². The Morgan fingerprint density at radius 1 is 1.23 bits per heavy atom. The molecule has 26 heavy (non-hydrogen) atoms. The molecular formula is C21H24N2O3. The maximum Gasteiger partial charge on any atom is 0.313 e. The van der Waals surface area contributed by atoms with Gasteiger partial charge in [0.2, 0.25) is 5.91 Å². The number of carboxylic acid groups (broad SMARTS) is 1. The summed E-state index contributed by atoms with van der Waals surface area (Å²) < 4.78 is 0. The van der Waals surface area contributed by atoms with Crippen molar-refractivity contribution < 1.29 is 14.7 Å². The number of hydrogen-bond donors (Lipinski definition) is 1. The minimum Gasteiger partial charge on any atom is -0.481 e. The lowest BCUT2D eigenvalue weighted by molar-refractivity contribution is -0.150. The zero-order chi connectivity index (χ0) is 18.7. The number of carbonyl (C=O) groups is 2. The normalized spacial score (nSPS) is 16.9. The smallest absolute Gasteiger partial charge is 0.313 e. The highest BCUT2D eigenvalue weighted by Gasteiger charge is 2.39. The molecule has 136 valence electrons. The molecule has 2 heterocycles. The number of fused-ring (bicyclic) bond motifs is 1. The van der Waals surface area contributed by atoms with Crippen LogP contribution in [0.1, 0.15) is 37.9 Å². The van der Waals surface area contributed by atoms with Gasteiger partial charge in [-0.1, -0.05) is 37.3 Å². The number of benzene rings is 1. The lowest BCUT2D eigenvalue weighted by atomic mass is 9.77. The van der Waals surface area contributed by atoms with E-state index < -0.39 is 11.4 Å². The molecule has 1 aromatic heterocycles. The topological polar surface area (TPSA) is 70.5 Å². The van der Waals surface area contributed by atoms with E-state index in [2.05, 4.69) is 18.0 Å². The number of amides is 1. The van der Waals surface area contributed by atoms with Crippen LogP contribution < -0.4 is 0 Å². The van der Waals surface area contributed by atoms with E-state index in [1.54, 1.807) is 11.0 Å². The van der Waals surface area contributed by atoms with E-state index in [4.69, 9.17) is 0 Å².